The Morgan fingerprint density at radius 1 is 0.955 bits per heavy atom. The van der Waals surface area contributed by atoms with E-state index in [9.17, 15) is 8.42 Å². The van der Waals surface area contributed by atoms with Crippen LogP contribution in [0.5, 0.6) is 11.5 Å². The molecule has 2 aromatic rings. The number of hydrogen-bond acceptors (Lipinski definition) is 4. The number of aryl methyl sites for hydroxylation is 1. The first kappa shape index (κ1) is 16.2. The lowest BCUT2D eigenvalue weighted by atomic mass is 10.2. The van der Waals surface area contributed by atoms with Gasteiger partial charge in [0.25, 0.3) is 10.0 Å². The van der Waals surface area contributed by atoms with E-state index in [1.54, 1.807) is 43.3 Å². The van der Waals surface area contributed by atoms with E-state index in [4.69, 9.17) is 9.47 Å². The Hall–Kier alpha value is -2.21. The van der Waals surface area contributed by atoms with E-state index < -0.39 is 10.0 Å². The Morgan fingerprint density at radius 2 is 1.59 bits per heavy atom. The molecule has 22 heavy (non-hydrogen) atoms. The van der Waals surface area contributed by atoms with E-state index in [1.165, 1.54) is 25.6 Å². The summed E-state index contributed by atoms with van der Waals surface area (Å²) in [7, 11) is 0.931. The van der Waals surface area contributed by atoms with E-state index in [0.29, 0.717) is 22.7 Å². The van der Waals surface area contributed by atoms with Gasteiger partial charge in [-0.1, -0.05) is 18.2 Å². The molecule has 5 nitrogen and oxygen atoms in total. The van der Waals surface area contributed by atoms with Gasteiger partial charge in [-0.3, -0.25) is 4.31 Å². The van der Waals surface area contributed by atoms with Crippen molar-refractivity contribution in [3.63, 3.8) is 0 Å². The van der Waals surface area contributed by atoms with Gasteiger partial charge in [0, 0.05) is 13.1 Å². The van der Waals surface area contributed by atoms with Crippen LogP contribution < -0.4 is 13.8 Å². The van der Waals surface area contributed by atoms with Gasteiger partial charge in [-0.05, 0) is 30.7 Å². The molecule has 0 unspecified atom stereocenters. The summed E-state index contributed by atoms with van der Waals surface area (Å²) < 4.78 is 37.1. The van der Waals surface area contributed by atoms with Crippen LogP contribution in [-0.4, -0.2) is 29.7 Å². The summed E-state index contributed by atoms with van der Waals surface area (Å²) >= 11 is 0. The average Bonchev–Trinajstić information content (AvgIpc) is 2.53. The van der Waals surface area contributed by atoms with Crippen molar-refractivity contribution in [3.05, 3.63) is 48.0 Å². The predicted molar refractivity (Wildman–Crippen MR) is 86.3 cm³/mol. The van der Waals surface area contributed by atoms with Crippen LogP contribution in [0.2, 0.25) is 0 Å². The summed E-state index contributed by atoms with van der Waals surface area (Å²) in [5, 5.41) is 0. The highest BCUT2D eigenvalue weighted by Crippen LogP contribution is 2.33. The summed E-state index contributed by atoms with van der Waals surface area (Å²) in [6, 6.07) is 11.9. The fraction of sp³-hybridized carbons (Fsp3) is 0.250. The Bertz CT molecular complexity index is 771. The minimum atomic E-state index is -3.63. The number of hydrogen-bond donors (Lipinski definition) is 0. The molecule has 0 aromatic heterocycles. The monoisotopic (exact) mass is 321 g/mol. The maximum absolute atomic E-state index is 12.8. The van der Waals surface area contributed by atoms with Gasteiger partial charge in [0.1, 0.15) is 0 Å². The summed E-state index contributed by atoms with van der Waals surface area (Å²) in [5.41, 5.74) is 1.20. The number of benzene rings is 2. The summed E-state index contributed by atoms with van der Waals surface area (Å²) in [6.45, 7) is 1.77. The lowest BCUT2D eigenvalue weighted by Gasteiger charge is -2.21. The second-order valence-corrected chi connectivity index (χ2v) is 6.71. The zero-order valence-corrected chi connectivity index (χ0v) is 13.8. The molecule has 0 N–H and O–H groups in total. The first-order chi connectivity index (χ1) is 10.4. The first-order valence-corrected chi connectivity index (χ1v) is 8.12. The van der Waals surface area contributed by atoms with E-state index in [1.807, 2.05) is 6.07 Å². The zero-order valence-electron chi connectivity index (χ0n) is 13.0. The minimum absolute atomic E-state index is 0.285. The molecule has 0 spiro atoms. The lowest BCUT2D eigenvalue weighted by molar-refractivity contribution is 0.355. The van der Waals surface area contributed by atoms with Crippen LogP contribution in [0.4, 0.5) is 5.69 Å². The molecule has 2 rings (SSSR count). The second-order valence-electron chi connectivity index (χ2n) is 4.78. The molecule has 0 heterocycles. The smallest absolute Gasteiger partial charge is 0.264 e. The number of ether oxygens (including phenoxy) is 2. The topological polar surface area (TPSA) is 55.8 Å². The number of sulfonamides is 1. The van der Waals surface area contributed by atoms with Crippen LogP contribution in [0, 0.1) is 6.92 Å². The van der Waals surface area contributed by atoms with Crippen molar-refractivity contribution in [2.45, 2.75) is 11.8 Å². The van der Waals surface area contributed by atoms with E-state index in [0.717, 1.165) is 0 Å². The molecule has 0 aliphatic rings. The molecule has 118 valence electrons. The molecule has 0 saturated heterocycles. The molecule has 0 saturated carbocycles. The summed E-state index contributed by atoms with van der Waals surface area (Å²) in [4.78, 5) is 0.285. The average molecular weight is 321 g/mol. The van der Waals surface area contributed by atoms with Gasteiger partial charge in [-0.15, -0.1) is 0 Å². The Morgan fingerprint density at radius 3 is 2.18 bits per heavy atom. The molecule has 0 bridgehead atoms. The fourth-order valence-corrected chi connectivity index (χ4v) is 3.56. The van der Waals surface area contributed by atoms with Crippen LogP contribution in [0.1, 0.15) is 5.56 Å². The number of methoxy groups -OCH3 is 2. The van der Waals surface area contributed by atoms with Crippen LogP contribution in [0.25, 0.3) is 0 Å². The maximum Gasteiger partial charge on any atom is 0.264 e. The molecule has 0 fully saturated rings. The molecule has 0 aliphatic heterocycles. The van der Waals surface area contributed by atoms with E-state index in [2.05, 4.69) is 0 Å². The van der Waals surface area contributed by atoms with Crippen molar-refractivity contribution in [2.75, 3.05) is 25.6 Å². The summed E-state index contributed by atoms with van der Waals surface area (Å²) in [5.74, 6) is 1.03. The molecule has 0 radical (unpaired) electrons. The van der Waals surface area contributed by atoms with Gasteiger partial charge < -0.3 is 9.47 Å². The molecule has 0 atom stereocenters. The highest BCUT2D eigenvalue weighted by molar-refractivity contribution is 7.92. The van der Waals surface area contributed by atoms with E-state index >= 15 is 0 Å². The highest BCUT2D eigenvalue weighted by Gasteiger charge is 2.23. The Labute approximate surface area is 131 Å². The first-order valence-electron chi connectivity index (χ1n) is 6.68. The SMILES string of the molecule is COc1ccc(N(C)S(=O)(=O)c2ccccc2C)cc1OC. The number of anilines is 1. The molecule has 6 heteroatoms. The summed E-state index contributed by atoms with van der Waals surface area (Å²) in [6.07, 6.45) is 0. The lowest BCUT2D eigenvalue weighted by Crippen LogP contribution is -2.27. The zero-order chi connectivity index (χ0) is 16.3. The van der Waals surface area contributed by atoms with E-state index in [-0.39, 0.29) is 4.90 Å². The predicted octanol–water partition coefficient (Wildman–Crippen LogP) is 2.84. The second kappa shape index (κ2) is 6.27. The molecule has 0 aliphatic carbocycles. The Kier molecular flexibility index (Phi) is 4.61. The molecular formula is C16H19NO4S. The molecule has 0 amide bonds. The van der Waals surface area contributed by atoms with Gasteiger partial charge >= 0.3 is 0 Å². The van der Waals surface area contributed by atoms with Crippen molar-refractivity contribution in [3.8, 4) is 11.5 Å². The standard InChI is InChI=1S/C16H19NO4S/c1-12-7-5-6-8-16(12)22(18,19)17(2)13-9-10-14(20-3)15(11-13)21-4/h5-11H,1-4H3. The van der Waals surface area contributed by atoms with Crippen molar-refractivity contribution in [1.29, 1.82) is 0 Å². The minimum Gasteiger partial charge on any atom is -0.493 e. The van der Waals surface area contributed by atoms with Gasteiger partial charge in [0.15, 0.2) is 11.5 Å². The van der Waals surface area contributed by atoms with Crippen molar-refractivity contribution >= 4 is 15.7 Å². The third kappa shape index (κ3) is 2.87. The number of nitrogens with zero attached hydrogens (tertiary/aromatic N) is 1. The van der Waals surface area contributed by atoms with Crippen LogP contribution in [0.15, 0.2) is 47.4 Å². The van der Waals surface area contributed by atoms with Crippen molar-refractivity contribution in [1.82, 2.24) is 0 Å². The van der Waals surface area contributed by atoms with Gasteiger partial charge in [0.2, 0.25) is 0 Å². The molecular weight excluding hydrogens is 302 g/mol. The highest BCUT2D eigenvalue weighted by atomic mass is 32.2. The largest absolute Gasteiger partial charge is 0.493 e. The fourth-order valence-electron chi connectivity index (χ4n) is 2.15. The Balaban J connectivity index is 2.47. The van der Waals surface area contributed by atoms with Crippen LogP contribution in [0.3, 0.4) is 0 Å². The number of rotatable bonds is 5. The van der Waals surface area contributed by atoms with Gasteiger partial charge in [0.05, 0.1) is 24.8 Å². The van der Waals surface area contributed by atoms with Crippen LogP contribution >= 0.6 is 0 Å². The van der Waals surface area contributed by atoms with Crippen molar-refractivity contribution in [2.24, 2.45) is 0 Å². The van der Waals surface area contributed by atoms with Gasteiger partial charge in [-0.2, -0.15) is 0 Å². The quantitative estimate of drug-likeness (QED) is 0.850. The normalized spacial score (nSPS) is 11.1. The van der Waals surface area contributed by atoms with Gasteiger partial charge in [-0.25, -0.2) is 8.42 Å². The third-order valence-corrected chi connectivity index (χ3v) is 5.41. The third-order valence-electron chi connectivity index (χ3n) is 3.46. The maximum atomic E-state index is 12.8. The molecule has 2 aromatic carbocycles. The van der Waals surface area contributed by atoms with Crippen LogP contribution in [-0.2, 0) is 10.0 Å². The van der Waals surface area contributed by atoms with Crippen molar-refractivity contribution < 1.29 is 17.9 Å².